The van der Waals surface area contributed by atoms with E-state index >= 15 is 0 Å². The Hall–Kier alpha value is -10.4. The Bertz CT molecular complexity index is 5020. The average Bonchev–Trinajstić information content (AvgIpc) is 4.14. The third kappa shape index (κ3) is 6.87. The van der Waals surface area contributed by atoms with E-state index in [9.17, 15) is 0 Å². The molecule has 0 aliphatic rings. The minimum absolute atomic E-state index is 0.846. The Balaban J connectivity index is 0.878. The molecule has 78 heavy (non-hydrogen) atoms. The maximum Gasteiger partial charge on any atom is 0.160 e. The minimum atomic E-state index is 0.846. The maximum absolute atomic E-state index is 7.14. The molecular formula is C74H46N2O2. The highest BCUT2D eigenvalue weighted by Gasteiger charge is 2.26. The van der Waals surface area contributed by atoms with Gasteiger partial charge in [-0.15, -0.1) is 0 Å². The van der Waals surface area contributed by atoms with E-state index in [0.717, 1.165) is 122 Å². The van der Waals surface area contributed by atoms with Gasteiger partial charge in [0.05, 0.1) is 17.1 Å². The predicted molar refractivity (Wildman–Crippen MR) is 329 cm³/mol. The van der Waals surface area contributed by atoms with Crippen LogP contribution in [0.1, 0.15) is 0 Å². The third-order valence-electron chi connectivity index (χ3n) is 16.0. The summed E-state index contributed by atoms with van der Waals surface area (Å²) < 4.78 is 14.2. The van der Waals surface area contributed by atoms with E-state index in [1.165, 1.54) is 32.5 Å². The van der Waals surface area contributed by atoms with Crippen LogP contribution < -0.4 is 9.80 Å². The summed E-state index contributed by atoms with van der Waals surface area (Å²) in [6, 6.07) is 100. The lowest BCUT2D eigenvalue weighted by atomic mass is 9.95. The number of furan rings is 2. The van der Waals surface area contributed by atoms with Crippen LogP contribution in [-0.4, -0.2) is 0 Å². The molecule has 2 aromatic heterocycles. The fourth-order valence-electron chi connectivity index (χ4n) is 12.4. The zero-order valence-corrected chi connectivity index (χ0v) is 42.3. The van der Waals surface area contributed by atoms with Crippen LogP contribution in [0, 0.1) is 0 Å². The van der Waals surface area contributed by atoms with Crippen molar-refractivity contribution in [2.75, 3.05) is 9.80 Å². The lowest BCUT2D eigenvalue weighted by molar-refractivity contribution is 0.669. The van der Waals surface area contributed by atoms with E-state index in [1.54, 1.807) is 0 Å². The summed E-state index contributed by atoms with van der Waals surface area (Å²) in [5.74, 6) is 0. The van der Waals surface area contributed by atoms with Gasteiger partial charge in [0.25, 0.3) is 0 Å². The number of anilines is 6. The summed E-state index contributed by atoms with van der Waals surface area (Å²) in [4.78, 5) is 4.75. The predicted octanol–water partition coefficient (Wildman–Crippen LogP) is 21.5. The largest absolute Gasteiger partial charge is 0.454 e. The number of nitrogens with zero attached hydrogens (tertiary/aromatic N) is 2. The summed E-state index contributed by atoms with van der Waals surface area (Å²) in [6.45, 7) is 0. The van der Waals surface area contributed by atoms with Crippen LogP contribution in [0.4, 0.5) is 34.1 Å². The summed E-state index contributed by atoms with van der Waals surface area (Å²) in [6.07, 6.45) is 0. The van der Waals surface area contributed by atoms with Crippen molar-refractivity contribution in [3.8, 4) is 22.3 Å². The van der Waals surface area contributed by atoms with Gasteiger partial charge in [0.1, 0.15) is 11.2 Å². The van der Waals surface area contributed by atoms with Gasteiger partial charge in [-0.2, -0.15) is 0 Å². The maximum atomic E-state index is 7.14. The Kier molecular flexibility index (Phi) is 9.91. The topological polar surface area (TPSA) is 32.8 Å². The molecule has 4 heteroatoms. The normalized spacial score (nSPS) is 11.8. The van der Waals surface area contributed by atoms with Gasteiger partial charge in [-0.25, -0.2) is 0 Å². The van der Waals surface area contributed by atoms with E-state index in [1.807, 2.05) is 0 Å². The number of rotatable bonds is 8. The second-order valence-corrected chi connectivity index (χ2v) is 20.3. The van der Waals surface area contributed by atoms with Gasteiger partial charge in [-0.3, -0.25) is 0 Å². The van der Waals surface area contributed by atoms with Crippen molar-refractivity contribution in [2.45, 2.75) is 0 Å². The number of fused-ring (bicyclic) bond motifs is 15. The highest BCUT2D eigenvalue weighted by atomic mass is 16.3. The molecule has 14 aromatic carbocycles. The zero-order chi connectivity index (χ0) is 51.3. The monoisotopic (exact) mass is 994 g/mol. The molecule has 0 saturated carbocycles. The van der Waals surface area contributed by atoms with E-state index in [-0.39, 0.29) is 0 Å². The molecule has 0 N–H and O–H groups in total. The molecule has 2 heterocycles. The number of hydrogen-bond acceptors (Lipinski definition) is 4. The summed E-state index contributed by atoms with van der Waals surface area (Å²) >= 11 is 0. The molecule has 16 aromatic rings. The molecule has 0 aliphatic carbocycles. The second kappa shape index (κ2) is 17.6. The smallest absolute Gasteiger partial charge is 0.160 e. The van der Waals surface area contributed by atoms with Gasteiger partial charge in [0.2, 0.25) is 0 Å². The van der Waals surface area contributed by atoms with Gasteiger partial charge >= 0.3 is 0 Å². The van der Waals surface area contributed by atoms with Gasteiger partial charge in [0, 0.05) is 44.0 Å². The molecule has 0 saturated heterocycles. The Morgan fingerprint density at radius 1 is 0.231 bits per heavy atom. The number of benzene rings is 14. The third-order valence-corrected chi connectivity index (χ3v) is 16.0. The van der Waals surface area contributed by atoms with Gasteiger partial charge in [-0.1, -0.05) is 212 Å². The Morgan fingerprint density at radius 3 is 1.18 bits per heavy atom. The van der Waals surface area contributed by atoms with Crippen molar-refractivity contribution < 1.29 is 8.83 Å². The molecule has 364 valence electrons. The van der Waals surface area contributed by atoms with E-state index in [4.69, 9.17) is 8.83 Å². The number of para-hydroxylation sites is 1. The summed E-state index contributed by atoms with van der Waals surface area (Å²) in [7, 11) is 0. The highest BCUT2D eigenvalue weighted by Crippen LogP contribution is 2.51. The first-order valence-corrected chi connectivity index (χ1v) is 26.6. The van der Waals surface area contributed by atoms with Crippen LogP contribution in [0.2, 0.25) is 0 Å². The fourth-order valence-corrected chi connectivity index (χ4v) is 12.4. The SMILES string of the molecule is c1ccc(-c2ccc(N(c3ccc(-c4ccc(N(c5ccccc5)c5cc6ccccc6c6c5oc5ccc7ccccc7c56)cc4)c4ccccc34)c3cc4ccccc4c4c3oc3ccc5ccccc5c34)cc2)cc1. The standard InChI is InChI=1S/C74H46N2O2/c1-3-17-47(18-4-1)48-31-37-56(38-32-48)76(66-46-53-22-10-14-28-61(53)72-70-59-26-12-8-20-50(59)36-44-68(70)78-74(66)72)64-42-41-57(62-29-15-16-30-63(62)64)51-33-39-55(40-34-51)75(54-23-5-2-6-24-54)65-45-52-21-9-13-27-60(52)71-69-58-25-11-7-19-49(58)35-43-67(69)77-73(65)71/h1-46H. The van der Waals surface area contributed by atoms with Crippen molar-refractivity contribution in [3.05, 3.63) is 279 Å². The Morgan fingerprint density at radius 2 is 0.628 bits per heavy atom. The van der Waals surface area contributed by atoms with Gasteiger partial charge in [-0.05, 0) is 137 Å². The number of hydrogen-bond donors (Lipinski definition) is 0. The van der Waals surface area contributed by atoms with E-state index in [2.05, 4.69) is 289 Å². The molecule has 0 bridgehead atoms. The first-order chi connectivity index (χ1) is 38.7. The van der Waals surface area contributed by atoms with Crippen molar-refractivity contribution in [3.63, 3.8) is 0 Å². The average molecular weight is 995 g/mol. The van der Waals surface area contributed by atoms with E-state index in [0.29, 0.717) is 0 Å². The van der Waals surface area contributed by atoms with Crippen LogP contribution in [0.25, 0.3) is 120 Å². The van der Waals surface area contributed by atoms with Crippen molar-refractivity contribution >= 4 is 132 Å². The molecule has 0 unspecified atom stereocenters. The van der Waals surface area contributed by atoms with Crippen LogP contribution in [0.5, 0.6) is 0 Å². The fraction of sp³-hybridized carbons (Fsp3) is 0. The molecule has 4 nitrogen and oxygen atoms in total. The second-order valence-electron chi connectivity index (χ2n) is 20.3. The molecule has 0 spiro atoms. The van der Waals surface area contributed by atoms with Gasteiger partial charge < -0.3 is 18.6 Å². The van der Waals surface area contributed by atoms with Crippen LogP contribution >= 0.6 is 0 Å². The molecule has 0 radical (unpaired) electrons. The van der Waals surface area contributed by atoms with Crippen molar-refractivity contribution in [2.24, 2.45) is 0 Å². The molecule has 0 amide bonds. The first kappa shape index (κ1) is 43.9. The van der Waals surface area contributed by atoms with Crippen LogP contribution in [-0.2, 0) is 0 Å². The van der Waals surface area contributed by atoms with E-state index < -0.39 is 0 Å². The highest BCUT2D eigenvalue weighted by molar-refractivity contribution is 6.31. The molecule has 0 aliphatic heterocycles. The Labute approximate surface area is 449 Å². The molecule has 16 rings (SSSR count). The molecule has 0 fully saturated rings. The lowest BCUT2D eigenvalue weighted by Crippen LogP contribution is -2.11. The van der Waals surface area contributed by atoms with Crippen LogP contribution in [0.15, 0.2) is 288 Å². The van der Waals surface area contributed by atoms with Crippen molar-refractivity contribution in [1.29, 1.82) is 0 Å². The minimum Gasteiger partial charge on any atom is -0.454 e. The first-order valence-electron chi connectivity index (χ1n) is 26.6. The lowest BCUT2D eigenvalue weighted by Gasteiger charge is -2.28. The van der Waals surface area contributed by atoms with Gasteiger partial charge in [0.15, 0.2) is 11.2 Å². The quantitative estimate of drug-likeness (QED) is 0.152. The van der Waals surface area contributed by atoms with Crippen LogP contribution in [0.3, 0.4) is 0 Å². The molecular weight excluding hydrogens is 949 g/mol. The van der Waals surface area contributed by atoms with Crippen molar-refractivity contribution in [1.82, 2.24) is 0 Å². The zero-order valence-electron chi connectivity index (χ0n) is 42.3. The summed E-state index contributed by atoms with van der Waals surface area (Å²) in [5, 5.41) is 16.1. The molecule has 0 atom stereocenters. The summed E-state index contributed by atoms with van der Waals surface area (Å²) in [5.41, 5.74) is 14.1.